The van der Waals surface area contributed by atoms with Gasteiger partial charge in [-0.2, -0.15) is 0 Å². The van der Waals surface area contributed by atoms with E-state index < -0.39 is 5.60 Å². The number of ether oxygens (including phenoxy) is 1. The highest BCUT2D eigenvalue weighted by Gasteiger charge is 2.26. The largest absolute Gasteiger partial charge is 0.389 e. The summed E-state index contributed by atoms with van der Waals surface area (Å²) in [5.41, 5.74) is -0.641. The molecule has 1 saturated carbocycles. The first kappa shape index (κ1) is 12.9. The van der Waals surface area contributed by atoms with E-state index in [9.17, 15) is 5.11 Å². The lowest BCUT2D eigenvalue weighted by Crippen LogP contribution is -2.44. The fourth-order valence-corrected chi connectivity index (χ4v) is 2.21. The van der Waals surface area contributed by atoms with Gasteiger partial charge >= 0.3 is 0 Å². The third-order valence-electron chi connectivity index (χ3n) is 3.45. The molecule has 0 heterocycles. The second kappa shape index (κ2) is 5.83. The highest BCUT2D eigenvalue weighted by molar-refractivity contribution is 4.84. The van der Waals surface area contributed by atoms with Crippen LogP contribution in [0.2, 0.25) is 0 Å². The molecule has 0 amide bonds. The third kappa shape index (κ3) is 4.49. The molecule has 1 fully saturated rings. The Balaban J connectivity index is 2.22. The van der Waals surface area contributed by atoms with Crippen LogP contribution in [0.1, 0.15) is 39.5 Å². The molecule has 2 N–H and O–H groups in total. The molecule has 1 aliphatic rings. The Morgan fingerprint density at radius 3 is 2.73 bits per heavy atom. The molecule has 3 heteroatoms. The topological polar surface area (TPSA) is 41.5 Å². The fraction of sp³-hybridized carbons (Fsp3) is 1.00. The van der Waals surface area contributed by atoms with E-state index in [0.29, 0.717) is 25.6 Å². The maximum absolute atomic E-state index is 10.0. The molecule has 3 atom stereocenters. The molecule has 0 aromatic rings. The Hall–Kier alpha value is -0.120. The number of hydrogen-bond acceptors (Lipinski definition) is 3. The van der Waals surface area contributed by atoms with Crippen LogP contribution in [0.3, 0.4) is 0 Å². The molecule has 15 heavy (non-hydrogen) atoms. The van der Waals surface area contributed by atoms with Gasteiger partial charge in [0, 0.05) is 32.7 Å². The first-order valence-electron chi connectivity index (χ1n) is 6.00. The van der Waals surface area contributed by atoms with Gasteiger partial charge in [-0.3, -0.25) is 0 Å². The van der Waals surface area contributed by atoms with E-state index in [4.69, 9.17) is 4.74 Å². The van der Waals surface area contributed by atoms with Crippen molar-refractivity contribution in [1.82, 2.24) is 5.32 Å². The van der Waals surface area contributed by atoms with Gasteiger partial charge in [0.25, 0.3) is 0 Å². The summed E-state index contributed by atoms with van der Waals surface area (Å²) >= 11 is 0. The lowest BCUT2D eigenvalue weighted by atomic mass is 10.0. The quantitative estimate of drug-likeness (QED) is 0.706. The standard InChI is InChI=1S/C12H25NO2/c1-10-5-4-6-11(10)13-9-12(2,14)7-8-15-3/h10-11,13-14H,4-9H2,1-3H3. The van der Waals surface area contributed by atoms with Gasteiger partial charge in [-0.15, -0.1) is 0 Å². The van der Waals surface area contributed by atoms with E-state index in [1.807, 2.05) is 6.92 Å². The number of hydrogen-bond donors (Lipinski definition) is 2. The summed E-state index contributed by atoms with van der Waals surface area (Å²) in [5.74, 6) is 0.753. The number of methoxy groups -OCH3 is 1. The number of rotatable bonds is 6. The Morgan fingerprint density at radius 2 is 2.20 bits per heavy atom. The third-order valence-corrected chi connectivity index (χ3v) is 3.45. The van der Waals surface area contributed by atoms with E-state index in [2.05, 4.69) is 12.2 Å². The van der Waals surface area contributed by atoms with Crippen LogP contribution < -0.4 is 5.32 Å². The zero-order chi connectivity index (χ0) is 11.3. The molecule has 3 nitrogen and oxygen atoms in total. The van der Waals surface area contributed by atoms with Crippen LogP contribution in [-0.4, -0.2) is 37.0 Å². The van der Waals surface area contributed by atoms with Gasteiger partial charge in [-0.25, -0.2) is 0 Å². The van der Waals surface area contributed by atoms with Gasteiger partial charge in [0.1, 0.15) is 0 Å². The minimum atomic E-state index is -0.641. The highest BCUT2D eigenvalue weighted by Crippen LogP contribution is 2.25. The van der Waals surface area contributed by atoms with Gasteiger partial charge in [0.15, 0.2) is 0 Å². The molecule has 1 aliphatic carbocycles. The lowest BCUT2D eigenvalue weighted by Gasteiger charge is -2.27. The smallest absolute Gasteiger partial charge is 0.0765 e. The normalized spacial score (nSPS) is 30.4. The minimum absolute atomic E-state index is 0.596. The van der Waals surface area contributed by atoms with Crippen molar-refractivity contribution in [3.63, 3.8) is 0 Å². The zero-order valence-corrected chi connectivity index (χ0v) is 10.3. The zero-order valence-electron chi connectivity index (χ0n) is 10.3. The van der Waals surface area contributed by atoms with E-state index >= 15 is 0 Å². The first-order valence-corrected chi connectivity index (χ1v) is 6.00. The Morgan fingerprint density at radius 1 is 1.47 bits per heavy atom. The van der Waals surface area contributed by atoms with Crippen LogP contribution in [0, 0.1) is 5.92 Å². The summed E-state index contributed by atoms with van der Waals surface area (Å²) in [7, 11) is 1.67. The molecule has 0 saturated heterocycles. The fourth-order valence-electron chi connectivity index (χ4n) is 2.21. The van der Waals surface area contributed by atoms with Gasteiger partial charge < -0.3 is 15.2 Å². The highest BCUT2D eigenvalue weighted by atomic mass is 16.5. The predicted octanol–water partition coefficient (Wildman–Crippen LogP) is 1.55. The average Bonchev–Trinajstić information content (AvgIpc) is 2.58. The molecule has 0 radical (unpaired) electrons. The Kier molecular flexibility index (Phi) is 5.03. The molecule has 90 valence electrons. The van der Waals surface area contributed by atoms with Crippen LogP contribution >= 0.6 is 0 Å². The van der Waals surface area contributed by atoms with Crippen molar-refractivity contribution in [3.05, 3.63) is 0 Å². The predicted molar refractivity (Wildman–Crippen MR) is 61.9 cm³/mol. The van der Waals surface area contributed by atoms with Gasteiger partial charge in [0.2, 0.25) is 0 Å². The van der Waals surface area contributed by atoms with E-state index in [0.717, 1.165) is 5.92 Å². The van der Waals surface area contributed by atoms with Crippen molar-refractivity contribution in [2.45, 2.75) is 51.2 Å². The second-order valence-corrected chi connectivity index (χ2v) is 5.14. The second-order valence-electron chi connectivity index (χ2n) is 5.14. The summed E-state index contributed by atoms with van der Waals surface area (Å²) in [6.07, 6.45) is 4.58. The molecular weight excluding hydrogens is 190 g/mol. The van der Waals surface area contributed by atoms with Crippen molar-refractivity contribution in [2.24, 2.45) is 5.92 Å². The van der Waals surface area contributed by atoms with Crippen LogP contribution in [0.4, 0.5) is 0 Å². The molecule has 1 rings (SSSR count). The summed E-state index contributed by atoms with van der Waals surface area (Å²) < 4.78 is 4.98. The Bertz CT molecular complexity index is 182. The van der Waals surface area contributed by atoms with Crippen LogP contribution in [-0.2, 0) is 4.74 Å². The lowest BCUT2D eigenvalue weighted by molar-refractivity contribution is 0.0219. The Labute approximate surface area is 93.2 Å². The molecular formula is C12H25NO2. The average molecular weight is 215 g/mol. The minimum Gasteiger partial charge on any atom is -0.389 e. The van der Waals surface area contributed by atoms with Crippen molar-refractivity contribution in [1.29, 1.82) is 0 Å². The molecule has 0 spiro atoms. The van der Waals surface area contributed by atoms with E-state index in [-0.39, 0.29) is 0 Å². The van der Waals surface area contributed by atoms with Crippen molar-refractivity contribution < 1.29 is 9.84 Å². The summed E-state index contributed by atoms with van der Waals surface area (Å²) in [6, 6.07) is 0.596. The first-order chi connectivity index (χ1) is 7.05. The maximum atomic E-state index is 10.0. The summed E-state index contributed by atoms with van der Waals surface area (Å²) in [4.78, 5) is 0. The van der Waals surface area contributed by atoms with E-state index in [1.165, 1.54) is 19.3 Å². The van der Waals surface area contributed by atoms with Crippen molar-refractivity contribution >= 4 is 0 Å². The van der Waals surface area contributed by atoms with Crippen LogP contribution in [0.5, 0.6) is 0 Å². The molecule has 0 aromatic heterocycles. The van der Waals surface area contributed by atoms with Crippen LogP contribution in [0.15, 0.2) is 0 Å². The molecule has 0 bridgehead atoms. The molecule has 0 aliphatic heterocycles. The maximum Gasteiger partial charge on any atom is 0.0765 e. The number of nitrogens with one attached hydrogen (secondary N) is 1. The van der Waals surface area contributed by atoms with Crippen molar-refractivity contribution in [3.8, 4) is 0 Å². The molecule has 3 unspecified atom stereocenters. The van der Waals surface area contributed by atoms with Crippen LogP contribution in [0.25, 0.3) is 0 Å². The molecule has 0 aromatic carbocycles. The number of aliphatic hydroxyl groups is 1. The van der Waals surface area contributed by atoms with Gasteiger partial charge in [0.05, 0.1) is 5.60 Å². The van der Waals surface area contributed by atoms with Gasteiger partial charge in [-0.05, 0) is 25.7 Å². The van der Waals surface area contributed by atoms with E-state index in [1.54, 1.807) is 7.11 Å². The van der Waals surface area contributed by atoms with Gasteiger partial charge in [-0.1, -0.05) is 13.3 Å². The SMILES string of the molecule is COCCC(C)(O)CNC1CCCC1C. The summed E-state index contributed by atoms with van der Waals surface area (Å²) in [5, 5.41) is 13.5. The summed E-state index contributed by atoms with van der Waals surface area (Å²) in [6.45, 7) is 5.45. The monoisotopic (exact) mass is 215 g/mol. The van der Waals surface area contributed by atoms with Crippen molar-refractivity contribution in [2.75, 3.05) is 20.3 Å².